The van der Waals surface area contributed by atoms with Crippen LogP contribution >= 0.6 is 0 Å². The molecule has 0 N–H and O–H groups in total. The van der Waals surface area contributed by atoms with Gasteiger partial charge in [0.1, 0.15) is 0 Å². The van der Waals surface area contributed by atoms with E-state index in [-0.39, 0.29) is 0 Å². The van der Waals surface area contributed by atoms with Crippen molar-refractivity contribution in [2.45, 2.75) is 283 Å². The summed E-state index contributed by atoms with van der Waals surface area (Å²) in [6, 6.07) is 7.20. The molecule has 1 aromatic rings. The van der Waals surface area contributed by atoms with Gasteiger partial charge in [0.25, 0.3) is 0 Å². The third-order valence-electron chi connectivity index (χ3n) is 12.3. The van der Waals surface area contributed by atoms with Crippen molar-refractivity contribution in [3.8, 4) is 0 Å². The smallest absolute Gasteiger partial charge is 0.0227 e. The van der Waals surface area contributed by atoms with Crippen LogP contribution in [0.1, 0.15) is 281 Å². The summed E-state index contributed by atoms with van der Waals surface area (Å²) in [7, 11) is 0. The van der Waals surface area contributed by atoms with Crippen LogP contribution in [0, 0.1) is 72.4 Å². The summed E-state index contributed by atoms with van der Waals surface area (Å²) in [5, 5.41) is 0. The Kier molecular flexibility index (Phi) is 23.3. The standard InChI is InChI=1S/C21H42.C21H36.C19H40/c2*1-19(2,3)13-16-10-11-17(14-20(4,5)6)18(12-16)15-21(7,8)9;1-17(2,3)13-10-16(11-14-18(4,5)6)12-15-19(7,8)9/h16-18H,10-15H2,1-9H3;10-12H,13-15H2,1-9H3;16H,10-15H2,1-9H3. The predicted octanol–water partition coefficient (Wildman–Crippen LogP) is 20.9. The maximum absolute atomic E-state index is 2.47. The summed E-state index contributed by atoms with van der Waals surface area (Å²) in [6.07, 6.45) is 20.5. The predicted molar refractivity (Wildman–Crippen MR) is 282 cm³/mol. The second-order valence-corrected chi connectivity index (χ2v) is 32.0. The largest absolute Gasteiger partial charge is 0.0602 e. The molecule has 61 heavy (non-hydrogen) atoms. The van der Waals surface area contributed by atoms with Gasteiger partial charge in [-0.05, 0) is 179 Å². The van der Waals surface area contributed by atoms with E-state index in [1.807, 2.05) is 0 Å². The minimum absolute atomic E-state index is 0.340. The van der Waals surface area contributed by atoms with Crippen LogP contribution in [0.4, 0.5) is 0 Å². The number of hydrogen-bond acceptors (Lipinski definition) is 0. The van der Waals surface area contributed by atoms with Crippen molar-refractivity contribution < 1.29 is 0 Å². The van der Waals surface area contributed by atoms with Gasteiger partial charge in [-0.25, -0.2) is 0 Å². The molecule has 2 rings (SSSR count). The molecule has 1 aliphatic rings. The average molecular weight is 852 g/mol. The van der Waals surface area contributed by atoms with Gasteiger partial charge in [0.2, 0.25) is 0 Å². The average Bonchev–Trinajstić information content (AvgIpc) is 2.94. The Morgan fingerprint density at radius 1 is 0.377 bits per heavy atom. The van der Waals surface area contributed by atoms with Crippen molar-refractivity contribution in [3.05, 3.63) is 34.9 Å². The molecule has 362 valence electrons. The molecule has 0 heteroatoms. The molecule has 3 atom stereocenters. The van der Waals surface area contributed by atoms with Gasteiger partial charge in [-0.3, -0.25) is 0 Å². The molecule has 1 saturated carbocycles. The molecule has 0 spiro atoms. The fourth-order valence-corrected chi connectivity index (χ4v) is 9.79. The van der Waals surface area contributed by atoms with E-state index in [1.54, 1.807) is 5.56 Å². The Labute approximate surface area is 389 Å². The van der Waals surface area contributed by atoms with Crippen LogP contribution in [0.2, 0.25) is 0 Å². The lowest BCUT2D eigenvalue weighted by Crippen LogP contribution is -2.32. The van der Waals surface area contributed by atoms with E-state index in [9.17, 15) is 0 Å². The lowest BCUT2D eigenvalue weighted by Gasteiger charge is -2.43. The molecule has 0 nitrogen and oxygen atoms in total. The first-order valence-corrected chi connectivity index (χ1v) is 25.9. The summed E-state index contributed by atoms with van der Waals surface area (Å²) in [5.41, 5.74) is 8.53. The van der Waals surface area contributed by atoms with Crippen LogP contribution < -0.4 is 0 Å². The monoisotopic (exact) mass is 851 g/mol. The van der Waals surface area contributed by atoms with Crippen LogP contribution in [-0.4, -0.2) is 0 Å². The molecule has 0 aromatic heterocycles. The second-order valence-electron chi connectivity index (χ2n) is 32.0. The molecule has 0 saturated heterocycles. The highest BCUT2D eigenvalue weighted by Crippen LogP contribution is 2.47. The van der Waals surface area contributed by atoms with E-state index >= 15 is 0 Å². The first-order chi connectivity index (χ1) is 26.8. The van der Waals surface area contributed by atoms with E-state index in [2.05, 4.69) is 205 Å². The molecular formula is C61H118. The van der Waals surface area contributed by atoms with Gasteiger partial charge in [0.05, 0.1) is 0 Å². The van der Waals surface area contributed by atoms with Crippen LogP contribution in [-0.2, 0) is 19.3 Å². The fourth-order valence-electron chi connectivity index (χ4n) is 9.79. The Hall–Kier alpha value is -0.780. The van der Waals surface area contributed by atoms with E-state index < -0.39 is 0 Å². The van der Waals surface area contributed by atoms with E-state index in [0.717, 1.165) is 42.9 Å². The molecule has 0 heterocycles. The lowest BCUT2D eigenvalue weighted by atomic mass is 9.63. The summed E-state index contributed by atoms with van der Waals surface area (Å²) >= 11 is 0. The normalized spacial score (nSPS) is 19.0. The summed E-state index contributed by atoms with van der Waals surface area (Å²) < 4.78 is 0. The SMILES string of the molecule is CC(C)(C)CC1CCC(CC(C)(C)C)C(CC(C)(C)C)C1.CC(C)(C)CCC(CCC(C)(C)C)CCC(C)(C)C.CC(C)(C)Cc1ccc(CC(C)(C)C)c(CC(C)(C)C)c1. The Balaban J connectivity index is 0.000000887. The highest BCUT2D eigenvalue weighted by molar-refractivity contribution is 5.34. The van der Waals surface area contributed by atoms with Gasteiger partial charge in [-0.2, -0.15) is 0 Å². The highest BCUT2D eigenvalue weighted by atomic mass is 14.4. The van der Waals surface area contributed by atoms with Crippen molar-refractivity contribution in [3.63, 3.8) is 0 Å². The number of benzene rings is 1. The molecular weight excluding hydrogens is 733 g/mol. The van der Waals surface area contributed by atoms with Crippen LogP contribution in [0.15, 0.2) is 18.2 Å². The van der Waals surface area contributed by atoms with Crippen molar-refractivity contribution in [2.75, 3.05) is 0 Å². The second kappa shape index (κ2) is 23.6. The molecule has 1 aliphatic carbocycles. The zero-order valence-corrected chi connectivity index (χ0v) is 47.6. The molecule has 0 bridgehead atoms. The quantitative estimate of drug-likeness (QED) is 0.197. The Bertz CT molecular complexity index is 1280. The topological polar surface area (TPSA) is 0 Å². The summed E-state index contributed by atoms with van der Waals surface area (Å²) in [6.45, 7) is 64.1. The van der Waals surface area contributed by atoms with Gasteiger partial charge in [-0.1, -0.05) is 212 Å². The Morgan fingerprint density at radius 2 is 0.738 bits per heavy atom. The minimum atomic E-state index is 0.340. The zero-order chi connectivity index (χ0) is 48.3. The molecule has 1 fully saturated rings. The van der Waals surface area contributed by atoms with Gasteiger partial charge in [-0.15, -0.1) is 0 Å². The third-order valence-corrected chi connectivity index (χ3v) is 12.3. The summed E-state index contributed by atoms with van der Waals surface area (Å²) in [5.74, 6) is 3.80. The molecule has 1 aromatic carbocycles. The van der Waals surface area contributed by atoms with Crippen molar-refractivity contribution in [1.82, 2.24) is 0 Å². The van der Waals surface area contributed by atoms with Crippen molar-refractivity contribution in [1.29, 1.82) is 0 Å². The van der Waals surface area contributed by atoms with Gasteiger partial charge in [0.15, 0.2) is 0 Å². The van der Waals surface area contributed by atoms with E-state index in [4.69, 9.17) is 0 Å². The lowest BCUT2D eigenvalue weighted by molar-refractivity contribution is 0.0813. The summed E-state index contributed by atoms with van der Waals surface area (Å²) in [4.78, 5) is 0. The highest BCUT2D eigenvalue weighted by Gasteiger charge is 2.36. The van der Waals surface area contributed by atoms with Crippen LogP contribution in [0.3, 0.4) is 0 Å². The maximum atomic E-state index is 2.47. The van der Waals surface area contributed by atoms with Gasteiger partial charge < -0.3 is 0 Å². The molecule has 0 aliphatic heterocycles. The first-order valence-electron chi connectivity index (χ1n) is 25.9. The Morgan fingerprint density at radius 3 is 1.08 bits per heavy atom. The van der Waals surface area contributed by atoms with E-state index in [0.29, 0.717) is 48.7 Å². The first kappa shape index (κ1) is 60.2. The van der Waals surface area contributed by atoms with Crippen LogP contribution in [0.25, 0.3) is 0 Å². The van der Waals surface area contributed by atoms with Crippen molar-refractivity contribution >= 4 is 0 Å². The number of hydrogen-bond donors (Lipinski definition) is 0. The fraction of sp³-hybridized carbons (Fsp3) is 0.902. The van der Waals surface area contributed by atoms with Gasteiger partial charge >= 0.3 is 0 Å². The van der Waals surface area contributed by atoms with Crippen LogP contribution in [0.5, 0.6) is 0 Å². The third kappa shape index (κ3) is 36.2. The maximum Gasteiger partial charge on any atom is -0.0227 e. The number of rotatable bonds is 12. The minimum Gasteiger partial charge on any atom is -0.0602 e. The molecule has 0 radical (unpaired) electrons. The molecule has 0 amide bonds. The van der Waals surface area contributed by atoms with Crippen molar-refractivity contribution in [2.24, 2.45) is 72.4 Å². The van der Waals surface area contributed by atoms with Gasteiger partial charge in [0, 0.05) is 0 Å². The van der Waals surface area contributed by atoms with E-state index in [1.165, 1.54) is 88.2 Å². The zero-order valence-electron chi connectivity index (χ0n) is 47.6. The molecule has 3 unspecified atom stereocenters.